The molecule has 1 heterocycles. The van der Waals surface area contributed by atoms with Gasteiger partial charge in [-0.15, -0.1) is 0 Å². The summed E-state index contributed by atoms with van der Waals surface area (Å²) in [5.41, 5.74) is 1.73. The second kappa shape index (κ2) is 7.97. The Bertz CT molecular complexity index is 1060. The number of benzene rings is 2. The topological polar surface area (TPSA) is 104 Å². The van der Waals surface area contributed by atoms with Gasteiger partial charge in [-0.05, 0) is 36.6 Å². The molecule has 134 valence electrons. The van der Waals surface area contributed by atoms with Crippen molar-refractivity contribution in [3.8, 4) is 11.8 Å². The molecule has 7 heteroatoms. The van der Waals surface area contributed by atoms with E-state index in [-0.39, 0.29) is 0 Å². The highest BCUT2D eigenvalue weighted by molar-refractivity contribution is 6.05. The minimum Gasteiger partial charge on any atom is -0.479 e. The largest absolute Gasteiger partial charge is 0.479 e. The van der Waals surface area contributed by atoms with E-state index in [1.807, 2.05) is 6.07 Å². The number of carbonyl (C=O) groups is 2. The van der Waals surface area contributed by atoms with E-state index in [1.165, 1.54) is 6.33 Å². The SMILES string of the molecule is CC#CC(=O)Nc1ccc2ncnc(N[C@H](C(=O)O)c3ccccc3)c2c1. The van der Waals surface area contributed by atoms with Crippen LogP contribution < -0.4 is 10.6 Å². The molecule has 0 bridgehead atoms. The Morgan fingerprint density at radius 3 is 2.59 bits per heavy atom. The van der Waals surface area contributed by atoms with Gasteiger partial charge in [-0.1, -0.05) is 36.3 Å². The third-order valence-corrected chi connectivity index (χ3v) is 3.79. The molecule has 3 rings (SSSR count). The van der Waals surface area contributed by atoms with Gasteiger partial charge < -0.3 is 15.7 Å². The summed E-state index contributed by atoms with van der Waals surface area (Å²) < 4.78 is 0. The van der Waals surface area contributed by atoms with Crippen LogP contribution in [0.1, 0.15) is 18.5 Å². The Balaban J connectivity index is 1.98. The summed E-state index contributed by atoms with van der Waals surface area (Å²) in [6.45, 7) is 1.57. The van der Waals surface area contributed by atoms with Crippen LogP contribution in [0, 0.1) is 11.8 Å². The number of carboxylic acid groups (broad SMARTS) is 1. The number of carboxylic acids is 1. The van der Waals surface area contributed by atoms with Gasteiger partial charge in [0.05, 0.1) is 5.52 Å². The van der Waals surface area contributed by atoms with Crippen molar-refractivity contribution in [2.75, 3.05) is 10.6 Å². The van der Waals surface area contributed by atoms with Gasteiger partial charge in [0.2, 0.25) is 0 Å². The van der Waals surface area contributed by atoms with Crippen molar-refractivity contribution >= 4 is 34.3 Å². The quantitative estimate of drug-likeness (QED) is 0.605. The first-order valence-electron chi connectivity index (χ1n) is 8.11. The number of amides is 1. The Morgan fingerprint density at radius 1 is 1.11 bits per heavy atom. The molecule has 1 atom stereocenters. The van der Waals surface area contributed by atoms with Crippen LogP contribution in [-0.2, 0) is 9.59 Å². The van der Waals surface area contributed by atoms with Crippen LogP contribution in [0.2, 0.25) is 0 Å². The number of aliphatic carboxylic acids is 1. The lowest BCUT2D eigenvalue weighted by molar-refractivity contribution is -0.138. The molecule has 3 N–H and O–H groups in total. The van der Waals surface area contributed by atoms with Gasteiger partial charge in [0, 0.05) is 11.1 Å². The van der Waals surface area contributed by atoms with Crippen molar-refractivity contribution in [2.24, 2.45) is 0 Å². The fourth-order valence-corrected chi connectivity index (χ4v) is 2.60. The van der Waals surface area contributed by atoms with Crippen LogP contribution in [0.25, 0.3) is 10.9 Å². The Labute approximate surface area is 155 Å². The minimum atomic E-state index is -1.03. The minimum absolute atomic E-state index is 0.355. The number of rotatable bonds is 5. The maximum Gasteiger partial charge on any atom is 0.330 e. The lowest BCUT2D eigenvalue weighted by atomic mass is 10.1. The van der Waals surface area contributed by atoms with E-state index in [0.717, 1.165) is 0 Å². The number of nitrogens with zero attached hydrogens (tertiary/aromatic N) is 2. The molecule has 0 aliphatic rings. The number of fused-ring (bicyclic) bond motifs is 1. The van der Waals surface area contributed by atoms with Gasteiger partial charge in [-0.3, -0.25) is 4.79 Å². The summed E-state index contributed by atoms with van der Waals surface area (Å²) in [6, 6.07) is 12.9. The van der Waals surface area contributed by atoms with Gasteiger partial charge in [-0.2, -0.15) is 0 Å². The first kappa shape index (κ1) is 17.9. The van der Waals surface area contributed by atoms with E-state index in [9.17, 15) is 14.7 Å². The zero-order valence-corrected chi connectivity index (χ0v) is 14.4. The monoisotopic (exact) mass is 360 g/mol. The molecule has 3 aromatic rings. The number of anilines is 2. The van der Waals surface area contributed by atoms with Gasteiger partial charge in [0.15, 0.2) is 6.04 Å². The predicted molar refractivity (Wildman–Crippen MR) is 102 cm³/mol. The van der Waals surface area contributed by atoms with Crippen molar-refractivity contribution in [3.63, 3.8) is 0 Å². The normalized spacial score (nSPS) is 11.1. The highest BCUT2D eigenvalue weighted by Gasteiger charge is 2.21. The molecular weight excluding hydrogens is 344 g/mol. The fraction of sp³-hybridized carbons (Fsp3) is 0.100. The molecule has 0 aliphatic heterocycles. The number of carbonyl (C=O) groups excluding carboxylic acids is 1. The third-order valence-electron chi connectivity index (χ3n) is 3.79. The maximum atomic E-state index is 11.7. The first-order valence-corrected chi connectivity index (χ1v) is 8.11. The van der Waals surface area contributed by atoms with Crippen LogP contribution in [0.3, 0.4) is 0 Å². The second-order valence-electron chi connectivity index (χ2n) is 5.61. The van der Waals surface area contributed by atoms with Crippen LogP contribution >= 0.6 is 0 Å². The van der Waals surface area contributed by atoms with E-state index in [0.29, 0.717) is 28.0 Å². The molecule has 0 saturated carbocycles. The van der Waals surface area contributed by atoms with Crippen molar-refractivity contribution in [2.45, 2.75) is 13.0 Å². The van der Waals surface area contributed by atoms with Gasteiger partial charge >= 0.3 is 5.97 Å². The highest BCUT2D eigenvalue weighted by atomic mass is 16.4. The number of hydrogen-bond acceptors (Lipinski definition) is 5. The van der Waals surface area contributed by atoms with Gasteiger partial charge in [0.1, 0.15) is 12.1 Å². The van der Waals surface area contributed by atoms with Crippen molar-refractivity contribution in [1.82, 2.24) is 9.97 Å². The van der Waals surface area contributed by atoms with Crippen LogP contribution in [0.5, 0.6) is 0 Å². The average molecular weight is 360 g/mol. The van der Waals surface area contributed by atoms with E-state index in [2.05, 4.69) is 32.4 Å². The second-order valence-corrected chi connectivity index (χ2v) is 5.61. The van der Waals surface area contributed by atoms with Gasteiger partial charge in [0.25, 0.3) is 5.91 Å². The standard InChI is InChI=1S/C20H16N4O3/c1-2-6-17(25)23-14-9-10-16-15(11-14)19(22-12-21-16)24-18(20(26)27)13-7-4-3-5-8-13/h3-5,7-12,18H,1H3,(H,23,25)(H,26,27)(H,21,22,24)/t18-/m0/s1. The maximum absolute atomic E-state index is 11.7. The predicted octanol–water partition coefficient (Wildman–Crippen LogP) is 2.83. The number of aromatic nitrogens is 2. The molecule has 1 amide bonds. The highest BCUT2D eigenvalue weighted by Crippen LogP contribution is 2.26. The first-order chi connectivity index (χ1) is 13.1. The Morgan fingerprint density at radius 2 is 1.89 bits per heavy atom. The zero-order valence-electron chi connectivity index (χ0n) is 14.4. The molecule has 0 radical (unpaired) electrons. The van der Waals surface area contributed by atoms with Crippen molar-refractivity contribution in [1.29, 1.82) is 0 Å². The molecular formula is C20H16N4O3. The smallest absolute Gasteiger partial charge is 0.330 e. The average Bonchev–Trinajstić information content (AvgIpc) is 2.67. The van der Waals surface area contributed by atoms with E-state index < -0.39 is 17.9 Å². The summed E-state index contributed by atoms with van der Waals surface area (Å²) in [5, 5.41) is 15.8. The zero-order chi connectivity index (χ0) is 19.2. The van der Waals surface area contributed by atoms with Crippen molar-refractivity contribution in [3.05, 3.63) is 60.4 Å². The Kier molecular flexibility index (Phi) is 5.28. The van der Waals surface area contributed by atoms with Crippen LogP contribution in [0.4, 0.5) is 11.5 Å². The fourth-order valence-electron chi connectivity index (χ4n) is 2.60. The molecule has 2 aromatic carbocycles. The summed E-state index contributed by atoms with van der Waals surface area (Å²) >= 11 is 0. The van der Waals surface area contributed by atoms with Crippen LogP contribution in [0.15, 0.2) is 54.9 Å². The summed E-state index contributed by atoms with van der Waals surface area (Å²) in [6.07, 6.45) is 1.36. The van der Waals surface area contributed by atoms with Gasteiger partial charge in [-0.25, -0.2) is 14.8 Å². The Hall–Kier alpha value is -3.92. The van der Waals surface area contributed by atoms with Crippen molar-refractivity contribution < 1.29 is 14.7 Å². The van der Waals surface area contributed by atoms with Crippen LogP contribution in [-0.4, -0.2) is 27.0 Å². The molecule has 0 unspecified atom stereocenters. The summed E-state index contributed by atoms with van der Waals surface area (Å²) in [7, 11) is 0. The molecule has 0 fully saturated rings. The third kappa shape index (κ3) is 4.19. The molecule has 27 heavy (non-hydrogen) atoms. The number of nitrogens with one attached hydrogen (secondary N) is 2. The van der Waals surface area contributed by atoms with E-state index >= 15 is 0 Å². The molecule has 1 aromatic heterocycles. The van der Waals surface area contributed by atoms with E-state index in [1.54, 1.807) is 49.4 Å². The molecule has 0 aliphatic carbocycles. The molecule has 7 nitrogen and oxygen atoms in total. The summed E-state index contributed by atoms with van der Waals surface area (Å²) in [4.78, 5) is 31.8. The molecule has 0 saturated heterocycles. The lowest BCUT2D eigenvalue weighted by Gasteiger charge is -2.17. The molecule has 0 spiro atoms. The lowest BCUT2D eigenvalue weighted by Crippen LogP contribution is -2.21. The number of hydrogen-bond donors (Lipinski definition) is 3. The summed E-state index contributed by atoms with van der Waals surface area (Å²) in [5.74, 6) is 3.82. The van der Waals surface area contributed by atoms with E-state index in [4.69, 9.17) is 0 Å².